The van der Waals surface area contributed by atoms with Gasteiger partial charge in [-0.25, -0.2) is 9.37 Å². The van der Waals surface area contributed by atoms with Crippen LogP contribution in [0.1, 0.15) is 42.5 Å². The molecule has 4 heteroatoms. The molecule has 0 amide bonds. The Kier molecular flexibility index (Phi) is 5.11. The van der Waals surface area contributed by atoms with Gasteiger partial charge < -0.3 is 0 Å². The minimum absolute atomic E-state index is 0.233. The largest absolute Gasteiger partial charge is 0.299 e. The van der Waals surface area contributed by atoms with Crippen molar-refractivity contribution in [1.29, 1.82) is 0 Å². The Morgan fingerprint density at radius 2 is 2.06 bits per heavy atom. The van der Waals surface area contributed by atoms with Crippen LogP contribution in [-0.2, 0) is 11.2 Å². The Morgan fingerprint density at radius 1 is 1.16 bits per heavy atom. The number of hydrogen-bond acceptors (Lipinski definition) is 3. The Morgan fingerprint density at radius 3 is 2.84 bits per heavy atom. The van der Waals surface area contributed by atoms with Gasteiger partial charge in [-0.3, -0.25) is 9.78 Å². The van der Waals surface area contributed by atoms with E-state index in [-0.39, 0.29) is 11.6 Å². The maximum Gasteiger partial charge on any atom is 0.137 e. The highest BCUT2D eigenvalue weighted by atomic mass is 19.1. The monoisotopic (exact) mass is 410 g/mol. The van der Waals surface area contributed by atoms with Gasteiger partial charge in [0.2, 0.25) is 0 Å². The van der Waals surface area contributed by atoms with Crippen molar-refractivity contribution < 1.29 is 9.18 Å². The van der Waals surface area contributed by atoms with Crippen molar-refractivity contribution in [2.75, 3.05) is 0 Å². The van der Waals surface area contributed by atoms with Gasteiger partial charge in [0, 0.05) is 30.6 Å². The molecule has 5 rings (SSSR count). The molecule has 31 heavy (non-hydrogen) atoms. The van der Waals surface area contributed by atoms with Crippen LogP contribution in [-0.4, -0.2) is 15.8 Å². The average molecular weight is 410 g/mol. The number of nitrogens with zero attached hydrogens (tertiary/aromatic N) is 2. The van der Waals surface area contributed by atoms with Crippen LogP contribution in [0.4, 0.5) is 4.39 Å². The molecule has 0 aliphatic heterocycles. The summed E-state index contributed by atoms with van der Waals surface area (Å²) in [7, 11) is 0. The first kappa shape index (κ1) is 19.6. The fourth-order valence-corrected chi connectivity index (χ4v) is 5.33. The lowest BCUT2D eigenvalue weighted by Gasteiger charge is -2.12. The molecule has 2 heterocycles. The van der Waals surface area contributed by atoms with Crippen LogP contribution in [0.15, 0.2) is 54.9 Å². The summed E-state index contributed by atoms with van der Waals surface area (Å²) < 4.78 is 13.8. The highest BCUT2D eigenvalue weighted by molar-refractivity contribution is 5.92. The highest BCUT2D eigenvalue weighted by Gasteiger charge is 2.38. The Hall–Kier alpha value is -3.32. The molecule has 3 atom stereocenters. The molecule has 0 unspecified atom stereocenters. The predicted octanol–water partition coefficient (Wildman–Crippen LogP) is 5.38. The van der Waals surface area contributed by atoms with Crippen molar-refractivity contribution in [2.24, 2.45) is 17.8 Å². The van der Waals surface area contributed by atoms with Crippen LogP contribution in [0.25, 0.3) is 16.5 Å². The minimum Gasteiger partial charge on any atom is -0.299 e. The Labute approximate surface area is 181 Å². The number of hydrogen-bond donors (Lipinski definition) is 0. The zero-order valence-corrected chi connectivity index (χ0v) is 17.2. The molecule has 154 valence electrons. The first-order chi connectivity index (χ1) is 15.1. The van der Waals surface area contributed by atoms with E-state index < -0.39 is 0 Å². The summed E-state index contributed by atoms with van der Waals surface area (Å²) in [4.78, 5) is 21.1. The standard InChI is InChI=1S/C27H23FN2O/c1-2-23-5-3-17(16-30-23)11-24(31)12-18-9-19-13-21(14-20(19)10-18)25-7-8-29-27-6-4-22(28)15-26(25)27/h1,3-8,13,15-16,18-20H,9-12,14H2/t18-,19-,20+/m0/s1. The van der Waals surface area contributed by atoms with Crippen LogP contribution >= 0.6 is 0 Å². The van der Waals surface area contributed by atoms with Gasteiger partial charge in [0.15, 0.2) is 0 Å². The van der Waals surface area contributed by atoms with Gasteiger partial charge in [0.25, 0.3) is 0 Å². The predicted molar refractivity (Wildman–Crippen MR) is 119 cm³/mol. The average Bonchev–Trinajstić information content (AvgIpc) is 3.32. The topological polar surface area (TPSA) is 42.9 Å². The summed E-state index contributed by atoms with van der Waals surface area (Å²) in [5, 5.41) is 0.880. The summed E-state index contributed by atoms with van der Waals surface area (Å²) in [6.07, 6.45) is 15.3. The lowest BCUT2D eigenvalue weighted by atomic mass is 9.93. The molecule has 2 aliphatic rings. The number of aromatic nitrogens is 2. The third-order valence-corrected chi connectivity index (χ3v) is 6.68. The van der Waals surface area contributed by atoms with E-state index in [1.807, 2.05) is 12.1 Å². The van der Waals surface area contributed by atoms with Crippen LogP contribution in [0.3, 0.4) is 0 Å². The van der Waals surface area contributed by atoms with E-state index >= 15 is 0 Å². The molecule has 0 bridgehead atoms. The van der Waals surface area contributed by atoms with Gasteiger partial charge in [-0.2, -0.15) is 0 Å². The van der Waals surface area contributed by atoms with E-state index in [1.165, 1.54) is 11.6 Å². The third kappa shape index (κ3) is 4.01. The van der Waals surface area contributed by atoms with Crippen molar-refractivity contribution in [1.82, 2.24) is 9.97 Å². The number of benzene rings is 1. The van der Waals surface area contributed by atoms with E-state index in [4.69, 9.17) is 6.42 Å². The molecule has 1 fully saturated rings. The summed E-state index contributed by atoms with van der Waals surface area (Å²) in [6.45, 7) is 0. The number of fused-ring (bicyclic) bond motifs is 2. The van der Waals surface area contributed by atoms with Gasteiger partial charge in [0.1, 0.15) is 17.3 Å². The number of allylic oxidation sites excluding steroid dienone is 2. The van der Waals surface area contributed by atoms with E-state index in [1.54, 1.807) is 30.6 Å². The van der Waals surface area contributed by atoms with Gasteiger partial charge in [-0.15, -0.1) is 6.42 Å². The van der Waals surface area contributed by atoms with Gasteiger partial charge in [-0.1, -0.05) is 18.1 Å². The SMILES string of the molecule is C#Cc1ccc(CC(=O)C[C@@H]2C[C@@H]3CC(c4ccnc5ccc(F)cc45)=C[C@@H]3C2)cn1. The lowest BCUT2D eigenvalue weighted by molar-refractivity contribution is -0.119. The maximum atomic E-state index is 13.8. The molecule has 0 saturated heterocycles. The van der Waals surface area contributed by atoms with Gasteiger partial charge in [-0.05, 0) is 84.0 Å². The minimum atomic E-state index is -0.233. The van der Waals surface area contributed by atoms with Crippen molar-refractivity contribution in [3.05, 3.63) is 77.5 Å². The highest BCUT2D eigenvalue weighted by Crippen LogP contribution is 2.49. The molecule has 3 nitrogen and oxygen atoms in total. The second-order valence-corrected chi connectivity index (χ2v) is 8.79. The summed E-state index contributed by atoms with van der Waals surface area (Å²) in [5.41, 5.74) is 4.71. The molecular formula is C27H23FN2O. The number of rotatable bonds is 5. The zero-order chi connectivity index (χ0) is 21.4. The summed E-state index contributed by atoms with van der Waals surface area (Å²) >= 11 is 0. The normalized spacial score (nSPS) is 22.2. The van der Waals surface area contributed by atoms with Crippen molar-refractivity contribution in [2.45, 2.75) is 32.1 Å². The van der Waals surface area contributed by atoms with E-state index in [0.29, 0.717) is 36.3 Å². The molecule has 0 spiro atoms. The van der Waals surface area contributed by atoms with Crippen molar-refractivity contribution in [3.63, 3.8) is 0 Å². The second-order valence-electron chi connectivity index (χ2n) is 8.79. The number of pyridine rings is 2. The van der Waals surface area contributed by atoms with Crippen LogP contribution in [0.5, 0.6) is 0 Å². The molecule has 0 radical (unpaired) electrons. The van der Waals surface area contributed by atoms with E-state index in [2.05, 4.69) is 22.0 Å². The molecule has 1 saturated carbocycles. The van der Waals surface area contributed by atoms with E-state index in [0.717, 1.165) is 41.3 Å². The Balaban J connectivity index is 1.24. The van der Waals surface area contributed by atoms with Crippen molar-refractivity contribution in [3.8, 4) is 12.3 Å². The zero-order valence-electron chi connectivity index (χ0n) is 17.2. The quantitative estimate of drug-likeness (QED) is 0.530. The number of halogens is 1. The van der Waals surface area contributed by atoms with Crippen LogP contribution < -0.4 is 0 Å². The summed E-state index contributed by atoms with van der Waals surface area (Å²) in [6, 6.07) is 10.4. The first-order valence-electron chi connectivity index (χ1n) is 10.8. The van der Waals surface area contributed by atoms with Crippen LogP contribution in [0, 0.1) is 35.9 Å². The Bertz CT molecular complexity index is 1220. The first-order valence-corrected chi connectivity index (χ1v) is 10.8. The fourth-order valence-electron chi connectivity index (χ4n) is 5.33. The summed E-state index contributed by atoms with van der Waals surface area (Å²) in [5.74, 6) is 4.03. The number of carbonyl (C=O) groups is 1. The fraction of sp³-hybridized carbons (Fsp3) is 0.296. The smallest absolute Gasteiger partial charge is 0.137 e. The third-order valence-electron chi connectivity index (χ3n) is 6.68. The molecular weight excluding hydrogens is 387 g/mol. The molecule has 1 aromatic carbocycles. The maximum absolute atomic E-state index is 13.8. The molecule has 2 aromatic heterocycles. The molecule has 2 aliphatic carbocycles. The number of carbonyl (C=O) groups excluding carboxylic acids is 1. The van der Waals surface area contributed by atoms with Crippen molar-refractivity contribution >= 4 is 22.3 Å². The second kappa shape index (κ2) is 8.07. The molecule has 0 N–H and O–H groups in total. The molecule has 3 aromatic rings. The number of Topliss-reactive ketones (excluding diaryl/α,β-unsaturated/α-hetero) is 1. The van der Waals surface area contributed by atoms with Gasteiger partial charge >= 0.3 is 0 Å². The van der Waals surface area contributed by atoms with E-state index in [9.17, 15) is 9.18 Å². The number of ketones is 1. The number of terminal acetylenes is 1. The van der Waals surface area contributed by atoms with Gasteiger partial charge in [0.05, 0.1) is 5.52 Å². The lowest BCUT2D eigenvalue weighted by Crippen LogP contribution is -2.09. The van der Waals surface area contributed by atoms with Crippen LogP contribution in [0.2, 0.25) is 0 Å².